The van der Waals surface area contributed by atoms with E-state index in [9.17, 15) is 4.79 Å². The van der Waals surface area contributed by atoms with E-state index < -0.39 is 0 Å². The minimum atomic E-state index is -0.00267. The number of ether oxygens (including phenoxy) is 1. The number of hydrogen-bond acceptors (Lipinski definition) is 3. The second kappa shape index (κ2) is 10.3. The first-order valence-electron chi connectivity index (χ1n) is 10.5. The van der Waals surface area contributed by atoms with Gasteiger partial charge < -0.3 is 9.64 Å². The molecule has 2 aromatic rings. The zero-order valence-corrected chi connectivity index (χ0v) is 22.1. The van der Waals surface area contributed by atoms with Crippen LogP contribution in [0.2, 0.25) is 10.0 Å². The van der Waals surface area contributed by atoms with E-state index in [2.05, 4.69) is 22.6 Å². The molecule has 1 aliphatic heterocycles. The molecule has 0 atom stereocenters. The Hall–Kier alpha value is -1.35. The van der Waals surface area contributed by atoms with Gasteiger partial charge in [0.2, 0.25) is 0 Å². The number of likely N-dealkylation sites (N-methyl/N-ethyl adjacent to an activating group) is 1. The van der Waals surface area contributed by atoms with Crippen LogP contribution in [0.3, 0.4) is 0 Å². The lowest BCUT2D eigenvalue weighted by Crippen LogP contribution is -2.41. The molecule has 32 heavy (non-hydrogen) atoms. The minimum Gasteiger partial charge on any atom is -0.488 e. The van der Waals surface area contributed by atoms with Crippen molar-refractivity contribution in [2.45, 2.75) is 44.8 Å². The fourth-order valence-corrected chi connectivity index (χ4v) is 5.60. The second-order valence-corrected chi connectivity index (χ2v) is 10.4. The molecule has 1 aliphatic carbocycles. The number of rotatable bonds is 5. The number of carbonyl (C=O) groups excluding carboxylic acids is 1. The summed E-state index contributed by atoms with van der Waals surface area (Å²) in [5, 5.41) is 1.77. The number of nitrogens with zero attached hydrogens (tertiary/aromatic N) is 2. The van der Waals surface area contributed by atoms with Gasteiger partial charge in [0.15, 0.2) is 5.11 Å². The normalized spacial score (nSPS) is 18.7. The molecular formula is C24H23Cl2IN2O2S. The Bertz CT molecular complexity index is 1090. The summed E-state index contributed by atoms with van der Waals surface area (Å²) in [6.07, 6.45) is 7.49. The zero-order valence-electron chi connectivity index (χ0n) is 17.6. The summed E-state index contributed by atoms with van der Waals surface area (Å²) in [6.45, 7) is 0.346. The predicted molar refractivity (Wildman–Crippen MR) is 142 cm³/mol. The van der Waals surface area contributed by atoms with Gasteiger partial charge in [0.25, 0.3) is 5.91 Å². The van der Waals surface area contributed by atoms with E-state index in [0.29, 0.717) is 27.5 Å². The number of carbonyl (C=O) groups is 1. The average molecular weight is 601 g/mol. The van der Waals surface area contributed by atoms with Crippen LogP contribution in [0.5, 0.6) is 5.75 Å². The molecule has 0 unspecified atom stereocenters. The summed E-state index contributed by atoms with van der Waals surface area (Å²) < 4.78 is 6.91. The van der Waals surface area contributed by atoms with Crippen molar-refractivity contribution in [3.63, 3.8) is 0 Å². The Morgan fingerprint density at radius 2 is 1.91 bits per heavy atom. The van der Waals surface area contributed by atoms with Gasteiger partial charge in [0.05, 0.1) is 3.57 Å². The lowest BCUT2D eigenvalue weighted by atomic mass is 9.94. The van der Waals surface area contributed by atoms with E-state index in [1.54, 1.807) is 12.1 Å². The van der Waals surface area contributed by atoms with Gasteiger partial charge in [0, 0.05) is 28.7 Å². The highest BCUT2D eigenvalue weighted by Crippen LogP contribution is 2.32. The van der Waals surface area contributed by atoms with E-state index in [1.807, 2.05) is 47.2 Å². The van der Waals surface area contributed by atoms with Gasteiger partial charge in [-0.1, -0.05) is 54.6 Å². The van der Waals surface area contributed by atoms with Gasteiger partial charge in [-0.05, 0) is 83.6 Å². The van der Waals surface area contributed by atoms with Gasteiger partial charge in [-0.3, -0.25) is 9.69 Å². The Morgan fingerprint density at radius 1 is 1.16 bits per heavy atom. The van der Waals surface area contributed by atoms with Crippen LogP contribution in [0.15, 0.2) is 42.1 Å². The molecule has 0 N–H and O–H groups in total. The van der Waals surface area contributed by atoms with Crippen LogP contribution in [0.4, 0.5) is 0 Å². The number of thiocarbonyl (C=S) groups is 1. The third-order valence-electron chi connectivity index (χ3n) is 5.89. The molecule has 4 rings (SSSR count). The molecule has 4 nitrogen and oxygen atoms in total. The first kappa shape index (κ1) is 23.8. The Labute approximate surface area is 217 Å². The Balaban J connectivity index is 1.49. The van der Waals surface area contributed by atoms with Crippen LogP contribution in [0.1, 0.15) is 43.2 Å². The maximum atomic E-state index is 13.2. The largest absolute Gasteiger partial charge is 0.488 e. The number of halogens is 3. The van der Waals surface area contributed by atoms with E-state index >= 15 is 0 Å². The first-order valence-corrected chi connectivity index (χ1v) is 12.8. The van der Waals surface area contributed by atoms with Gasteiger partial charge in [-0.15, -0.1) is 0 Å². The average Bonchev–Trinajstić information content (AvgIpc) is 2.98. The van der Waals surface area contributed by atoms with Crippen molar-refractivity contribution < 1.29 is 9.53 Å². The third-order valence-corrected chi connectivity index (χ3v) is 7.79. The summed E-state index contributed by atoms with van der Waals surface area (Å²) in [7, 11) is 1.87. The first-order chi connectivity index (χ1) is 15.3. The van der Waals surface area contributed by atoms with Crippen molar-refractivity contribution in [2.24, 2.45) is 0 Å². The van der Waals surface area contributed by atoms with E-state index in [1.165, 1.54) is 6.42 Å². The predicted octanol–water partition coefficient (Wildman–Crippen LogP) is 6.91. The molecule has 0 spiro atoms. The lowest BCUT2D eigenvalue weighted by Gasteiger charge is -2.30. The molecule has 2 aliphatic rings. The highest BCUT2D eigenvalue weighted by Gasteiger charge is 2.40. The lowest BCUT2D eigenvalue weighted by molar-refractivity contribution is -0.124. The van der Waals surface area contributed by atoms with Crippen molar-refractivity contribution >= 4 is 75.1 Å². The van der Waals surface area contributed by atoms with Gasteiger partial charge in [-0.25, -0.2) is 0 Å². The number of hydrogen-bond donors (Lipinski definition) is 0. The molecule has 0 radical (unpaired) electrons. The maximum Gasteiger partial charge on any atom is 0.277 e. The highest BCUT2D eigenvalue weighted by molar-refractivity contribution is 14.1. The molecule has 0 bridgehead atoms. The maximum absolute atomic E-state index is 13.2. The van der Waals surface area contributed by atoms with Crippen LogP contribution >= 0.6 is 58.0 Å². The molecule has 0 aromatic heterocycles. The Morgan fingerprint density at radius 3 is 2.59 bits per heavy atom. The molecule has 1 heterocycles. The van der Waals surface area contributed by atoms with Crippen LogP contribution < -0.4 is 4.74 Å². The van der Waals surface area contributed by atoms with Gasteiger partial charge >= 0.3 is 0 Å². The molecule has 1 saturated carbocycles. The van der Waals surface area contributed by atoms with E-state index in [-0.39, 0.29) is 11.9 Å². The molecule has 168 valence electrons. The fourth-order valence-electron chi connectivity index (χ4n) is 4.11. The van der Waals surface area contributed by atoms with Crippen molar-refractivity contribution in [3.05, 3.63) is 66.8 Å². The van der Waals surface area contributed by atoms with Crippen molar-refractivity contribution in [3.8, 4) is 5.75 Å². The molecule has 2 fully saturated rings. The monoisotopic (exact) mass is 600 g/mol. The summed E-state index contributed by atoms with van der Waals surface area (Å²) in [5.41, 5.74) is 2.40. The SMILES string of the molecule is CN1C(=S)N(C2CCCCC2)C(=O)/C1=C/c1ccc(OCc2ccc(Cl)cc2Cl)c(I)c1. The Kier molecular flexibility index (Phi) is 7.65. The quantitative estimate of drug-likeness (QED) is 0.212. The molecule has 1 saturated heterocycles. The van der Waals surface area contributed by atoms with Crippen LogP contribution in [-0.2, 0) is 11.4 Å². The van der Waals surface area contributed by atoms with Crippen LogP contribution in [0, 0.1) is 3.57 Å². The summed E-state index contributed by atoms with van der Waals surface area (Å²) in [4.78, 5) is 16.8. The van der Waals surface area contributed by atoms with E-state index in [0.717, 1.165) is 46.1 Å². The minimum absolute atomic E-state index is 0.00267. The van der Waals surface area contributed by atoms with Crippen molar-refractivity contribution in [1.82, 2.24) is 9.80 Å². The fraction of sp³-hybridized carbons (Fsp3) is 0.333. The van der Waals surface area contributed by atoms with Crippen LogP contribution in [-0.4, -0.2) is 33.9 Å². The molecule has 1 amide bonds. The topological polar surface area (TPSA) is 32.8 Å². The molecular weight excluding hydrogens is 578 g/mol. The second-order valence-electron chi connectivity index (χ2n) is 8.05. The van der Waals surface area contributed by atoms with Crippen LogP contribution in [0.25, 0.3) is 6.08 Å². The standard InChI is InChI=1S/C24H23Cl2IN2O2S/c1-28-21(23(30)29(24(28)32)18-5-3-2-4-6-18)12-15-7-10-22(20(27)11-15)31-14-16-8-9-17(25)13-19(16)26/h7-13,18H,2-6,14H2,1H3/b21-12-. The van der Waals surface area contributed by atoms with Crippen molar-refractivity contribution in [1.29, 1.82) is 0 Å². The smallest absolute Gasteiger partial charge is 0.277 e. The molecule has 2 aromatic carbocycles. The summed E-state index contributed by atoms with van der Waals surface area (Å²) in [5.74, 6) is 0.751. The summed E-state index contributed by atoms with van der Waals surface area (Å²) in [6, 6.07) is 11.4. The third kappa shape index (κ3) is 5.08. The molecule has 8 heteroatoms. The van der Waals surface area contributed by atoms with E-state index in [4.69, 9.17) is 40.2 Å². The number of benzene rings is 2. The van der Waals surface area contributed by atoms with Gasteiger partial charge in [0.1, 0.15) is 18.1 Å². The highest BCUT2D eigenvalue weighted by atomic mass is 127. The van der Waals surface area contributed by atoms with Crippen molar-refractivity contribution in [2.75, 3.05) is 7.05 Å². The summed E-state index contributed by atoms with van der Waals surface area (Å²) >= 11 is 20.0. The number of amides is 1. The van der Waals surface area contributed by atoms with Gasteiger partial charge in [-0.2, -0.15) is 0 Å². The zero-order chi connectivity index (χ0) is 22.8.